The molecule has 10 heteroatoms. The molecule has 19 rings (SSSR count). The Morgan fingerprint density at radius 1 is 0.365 bits per heavy atom. The van der Waals surface area contributed by atoms with E-state index < -0.39 is 0 Å². The number of anilines is 8. The number of fused-ring (bicyclic) bond motifs is 12. The highest BCUT2D eigenvalue weighted by Gasteiger charge is 2.39. The molecule has 10 nitrogen and oxygen atoms in total. The Labute approximate surface area is 557 Å². The molecule has 0 N–H and O–H groups in total. The summed E-state index contributed by atoms with van der Waals surface area (Å²) in [5.41, 5.74) is 15.0. The molecule has 0 saturated heterocycles. The summed E-state index contributed by atoms with van der Waals surface area (Å²) in [6, 6.07) is 96.5. The molecule has 0 spiro atoms. The minimum absolute atomic E-state index is 0.103. The zero-order valence-electron chi connectivity index (χ0n) is 52.9. The van der Waals surface area contributed by atoms with Crippen molar-refractivity contribution in [2.24, 2.45) is 0 Å². The molecular weight excluding hydrogens is 1170 g/mol. The van der Waals surface area contributed by atoms with Crippen LogP contribution in [0.3, 0.4) is 0 Å². The minimum atomic E-state index is -0.242. The number of aryl methyl sites for hydroxylation is 1. The molecule has 2 atom stereocenters. The molecule has 8 heterocycles. The second-order valence-electron chi connectivity index (χ2n) is 25.9. The van der Waals surface area contributed by atoms with Gasteiger partial charge >= 0.3 is 0 Å². The van der Waals surface area contributed by atoms with E-state index in [4.69, 9.17) is 19.9 Å². The Hall–Kier alpha value is -11.9. The summed E-state index contributed by atoms with van der Waals surface area (Å²) in [7, 11) is 0. The molecule has 96 heavy (non-hydrogen) atoms. The lowest BCUT2D eigenvalue weighted by atomic mass is 9.65. The largest absolute Gasteiger partial charge is 0.318 e. The van der Waals surface area contributed by atoms with Crippen LogP contribution < -0.4 is 14.7 Å². The van der Waals surface area contributed by atoms with Gasteiger partial charge in [0.05, 0.1) is 39.3 Å². The Bertz CT molecular complexity index is 5540. The van der Waals surface area contributed by atoms with E-state index in [2.05, 4.69) is 332 Å². The second kappa shape index (κ2) is 22.7. The Morgan fingerprint density at radius 2 is 0.781 bits per heavy atom. The van der Waals surface area contributed by atoms with Crippen molar-refractivity contribution in [2.75, 3.05) is 14.7 Å². The summed E-state index contributed by atoms with van der Waals surface area (Å²) < 4.78 is 6.93. The maximum Gasteiger partial charge on any atom is 0.141 e. The number of hydrogen-bond acceptors (Lipinski definition) is 7. The lowest BCUT2D eigenvalue weighted by molar-refractivity contribution is 0.346. The van der Waals surface area contributed by atoms with E-state index in [0.29, 0.717) is 0 Å². The summed E-state index contributed by atoms with van der Waals surface area (Å²) in [5, 5.41) is 6.05. The zero-order valence-corrected chi connectivity index (χ0v) is 52.9. The minimum Gasteiger partial charge on any atom is -0.318 e. The quantitative estimate of drug-likeness (QED) is 0.121. The van der Waals surface area contributed by atoms with Gasteiger partial charge in [-0.25, -0.2) is 19.9 Å². The molecule has 0 amide bonds. The molecule has 1 saturated carbocycles. The van der Waals surface area contributed by atoms with Gasteiger partial charge in [-0.2, -0.15) is 0 Å². The van der Waals surface area contributed by atoms with Crippen LogP contribution in [0.2, 0.25) is 0 Å². The van der Waals surface area contributed by atoms with E-state index in [1.54, 1.807) is 0 Å². The number of aromatic nitrogens is 7. The average Bonchev–Trinajstić information content (AvgIpc) is 1.47. The molecular formula is C86H66N10. The highest BCUT2D eigenvalue weighted by molar-refractivity contribution is 6.10. The van der Waals surface area contributed by atoms with Gasteiger partial charge in [-0.15, -0.1) is 0 Å². The van der Waals surface area contributed by atoms with E-state index in [0.717, 1.165) is 124 Å². The van der Waals surface area contributed by atoms with E-state index in [-0.39, 0.29) is 17.4 Å². The third kappa shape index (κ3) is 8.92. The second-order valence-corrected chi connectivity index (χ2v) is 25.9. The number of rotatable bonds is 12. The first-order valence-corrected chi connectivity index (χ1v) is 33.8. The van der Waals surface area contributed by atoms with Gasteiger partial charge in [0, 0.05) is 55.3 Å². The van der Waals surface area contributed by atoms with Crippen LogP contribution in [0, 0.1) is 0 Å². The molecule has 3 aliphatic carbocycles. The summed E-state index contributed by atoms with van der Waals surface area (Å²) in [6.07, 6.45) is 21.1. The molecule has 15 aromatic rings. The van der Waals surface area contributed by atoms with Gasteiger partial charge in [-0.3, -0.25) is 23.5 Å². The van der Waals surface area contributed by atoms with Crippen LogP contribution in [0.5, 0.6) is 0 Å². The van der Waals surface area contributed by atoms with Gasteiger partial charge in [0.15, 0.2) is 0 Å². The van der Waals surface area contributed by atoms with E-state index in [1.807, 2.05) is 0 Å². The van der Waals surface area contributed by atoms with E-state index >= 15 is 0 Å². The zero-order chi connectivity index (χ0) is 63.3. The van der Waals surface area contributed by atoms with Crippen LogP contribution in [0.25, 0.3) is 78.0 Å². The number of nitrogens with zero attached hydrogens (tertiary/aromatic N) is 10. The van der Waals surface area contributed by atoms with Crippen LogP contribution in [-0.2, 0) is 11.8 Å². The molecule has 1 fully saturated rings. The molecule has 1 aliphatic heterocycles. The molecule has 4 aliphatic rings. The van der Waals surface area contributed by atoms with E-state index in [1.165, 1.54) is 67.0 Å². The predicted molar refractivity (Wildman–Crippen MR) is 394 cm³/mol. The van der Waals surface area contributed by atoms with Crippen LogP contribution in [0.1, 0.15) is 72.4 Å². The topological polar surface area (TPSA) is 76.1 Å². The Kier molecular flexibility index (Phi) is 13.2. The predicted octanol–water partition coefficient (Wildman–Crippen LogP) is 21.3. The van der Waals surface area contributed by atoms with Crippen LogP contribution in [0.15, 0.2) is 297 Å². The van der Waals surface area contributed by atoms with Crippen molar-refractivity contribution in [3.63, 3.8) is 0 Å². The summed E-state index contributed by atoms with van der Waals surface area (Å²) >= 11 is 0. The fourth-order valence-electron chi connectivity index (χ4n) is 16.5. The molecule has 460 valence electrons. The van der Waals surface area contributed by atoms with Crippen LogP contribution in [-0.4, -0.2) is 39.7 Å². The first kappa shape index (κ1) is 55.7. The molecule has 0 radical (unpaired) electrons. The lowest BCUT2D eigenvalue weighted by Crippen LogP contribution is -2.30. The van der Waals surface area contributed by atoms with Gasteiger partial charge in [0.2, 0.25) is 0 Å². The van der Waals surface area contributed by atoms with Gasteiger partial charge in [-0.1, -0.05) is 207 Å². The van der Waals surface area contributed by atoms with Crippen LogP contribution in [0.4, 0.5) is 46.2 Å². The fourth-order valence-corrected chi connectivity index (χ4v) is 16.5. The summed E-state index contributed by atoms with van der Waals surface area (Å²) in [5.74, 6) is 6.74. The fraction of sp³-hybridized carbons (Fsp3) is 0.116. The van der Waals surface area contributed by atoms with Gasteiger partial charge in [-0.05, 0) is 163 Å². The summed E-state index contributed by atoms with van der Waals surface area (Å²) in [4.78, 5) is 29.4. The number of para-hydroxylation sites is 6. The van der Waals surface area contributed by atoms with Crippen molar-refractivity contribution in [2.45, 2.75) is 62.3 Å². The lowest BCUT2D eigenvalue weighted by Gasteiger charge is -2.39. The molecule has 2 unspecified atom stereocenters. The number of pyridine rings is 4. The monoisotopic (exact) mass is 1240 g/mol. The normalized spacial score (nSPS) is 16.2. The molecule has 8 aromatic carbocycles. The van der Waals surface area contributed by atoms with Crippen molar-refractivity contribution in [3.05, 3.63) is 325 Å². The highest BCUT2D eigenvalue weighted by Crippen LogP contribution is 2.50. The smallest absolute Gasteiger partial charge is 0.141 e. The SMILES string of the molecule is C1=CC2c3ccccc3N(c3cccc(N(c4ccc(C5(c6ccc(N(c7cccc(-n8c9c(c%10ccccc%108)CCC=C9)n7)c7cccc(-n8c9ccccc9c9ccccc98)n7)cc6)CCCCC5)cc4)c4cccc(-n5c6ccccc6c6ccccc65)n4)n3)C2C=C1. The summed E-state index contributed by atoms with van der Waals surface area (Å²) in [6.45, 7) is 0. The van der Waals surface area contributed by atoms with Crippen molar-refractivity contribution in [1.82, 2.24) is 33.6 Å². The highest BCUT2D eigenvalue weighted by atomic mass is 15.3. The van der Waals surface area contributed by atoms with E-state index in [9.17, 15) is 0 Å². The third-order valence-corrected chi connectivity index (χ3v) is 20.8. The van der Waals surface area contributed by atoms with Crippen molar-refractivity contribution < 1.29 is 0 Å². The van der Waals surface area contributed by atoms with Gasteiger partial charge in [0.1, 0.15) is 46.5 Å². The van der Waals surface area contributed by atoms with Crippen LogP contribution >= 0.6 is 0 Å². The first-order valence-electron chi connectivity index (χ1n) is 33.8. The van der Waals surface area contributed by atoms with Gasteiger partial charge < -0.3 is 4.90 Å². The van der Waals surface area contributed by atoms with Crippen molar-refractivity contribution in [1.29, 1.82) is 0 Å². The average molecular weight is 1240 g/mol. The molecule has 0 bridgehead atoms. The van der Waals surface area contributed by atoms with Crippen molar-refractivity contribution >= 4 is 107 Å². The van der Waals surface area contributed by atoms with Crippen molar-refractivity contribution in [3.8, 4) is 17.5 Å². The number of hydrogen-bond donors (Lipinski definition) is 0. The number of allylic oxidation sites excluding steroid dienone is 3. The maximum absolute atomic E-state index is 5.65. The molecule has 7 aromatic heterocycles. The Balaban J connectivity index is 0.729. The Morgan fingerprint density at radius 3 is 1.29 bits per heavy atom. The standard InChI is InChI=1S/C86H66N10/c1-18-56-86(57-19-1,58-48-52-60(53-49-58)91(78-40-20-44-82(87-78)93-70-32-10-2-24-62(70)63-25-3-11-33-71(63)93)79-41-21-45-83(88-79)94-72-34-12-4-26-64(72)65-27-5-13-35-73(65)94)59-50-54-61(55-51-59)92(80-42-22-46-84(89-80)95-74-36-14-6-28-66(74)67-29-7-15-37-75(67)95)81-43-23-47-85(90-81)96-76-38-16-8-30-68(76)69-31-9-17-39-77(69)96/h2-8,10-17,20-30,32-55,62,70H,1,9,18-19,31,56-57H2. The van der Waals surface area contributed by atoms with Gasteiger partial charge in [0.25, 0.3) is 0 Å². The third-order valence-electron chi connectivity index (χ3n) is 20.8. The number of benzene rings is 8. The maximum atomic E-state index is 5.65. The first-order chi connectivity index (χ1) is 47.6.